The van der Waals surface area contributed by atoms with Gasteiger partial charge in [-0.2, -0.15) is 0 Å². The van der Waals surface area contributed by atoms with Gasteiger partial charge in [-0.1, -0.05) is 42.5 Å². The van der Waals surface area contributed by atoms with Gasteiger partial charge < -0.3 is 14.8 Å². The summed E-state index contributed by atoms with van der Waals surface area (Å²) < 4.78 is 5.65. The van der Waals surface area contributed by atoms with Crippen molar-refractivity contribution in [1.82, 2.24) is 15.0 Å². The number of rotatable bonds is 7. The number of imidazole rings is 1. The number of hydrogen-bond donors (Lipinski definition) is 2. The molecule has 0 atom stereocenters. The van der Waals surface area contributed by atoms with Crippen molar-refractivity contribution in [1.29, 1.82) is 0 Å². The lowest BCUT2D eigenvalue weighted by Crippen LogP contribution is -2.30. The smallest absolute Gasteiger partial charge is 0.312 e. The first-order valence-corrected chi connectivity index (χ1v) is 11.2. The molecule has 2 N–H and O–H groups in total. The van der Waals surface area contributed by atoms with Crippen LogP contribution in [0.15, 0.2) is 60.9 Å². The molecule has 2 aromatic carbocycles. The van der Waals surface area contributed by atoms with Crippen molar-refractivity contribution in [2.75, 3.05) is 6.61 Å². The van der Waals surface area contributed by atoms with E-state index in [1.54, 1.807) is 20.0 Å². The minimum absolute atomic E-state index is 0.0512. The van der Waals surface area contributed by atoms with Crippen molar-refractivity contribution in [2.24, 2.45) is 5.41 Å². The third-order valence-corrected chi connectivity index (χ3v) is 6.05. The summed E-state index contributed by atoms with van der Waals surface area (Å²) >= 11 is 0. The largest absolute Gasteiger partial charge is 0.481 e. The van der Waals surface area contributed by atoms with Crippen molar-refractivity contribution < 1.29 is 14.6 Å². The molecule has 6 nitrogen and oxygen atoms in total. The van der Waals surface area contributed by atoms with E-state index >= 15 is 0 Å². The molecule has 0 spiro atoms. The van der Waals surface area contributed by atoms with E-state index in [4.69, 9.17) is 4.74 Å². The molecule has 2 aromatic heterocycles. The fraction of sp³-hybridized carbons (Fsp3) is 0.250. The molecule has 6 heteroatoms. The summed E-state index contributed by atoms with van der Waals surface area (Å²) in [5.74, 6) is 0.351. The highest BCUT2D eigenvalue weighted by molar-refractivity contribution is 5.74. The molecule has 4 aromatic rings. The van der Waals surface area contributed by atoms with Gasteiger partial charge in [0.1, 0.15) is 12.4 Å². The van der Waals surface area contributed by atoms with Gasteiger partial charge in [0.15, 0.2) is 0 Å². The molecule has 0 unspecified atom stereocenters. The number of benzene rings is 2. The molecule has 0 amide bonds. The molecule has 0 fully saturated rings. The van der Waals surface area contributed by atoms with E-state index in [-0.39, 0.29) is 6.61 Å². The number of carbonyl (C=O) groups is 1. The van der Waals surface area contributed by atoms with Crippen molar-refractivity contribution in [2.45, 2.75) is 34.6 Å². The first kappa shape index (κ1) is 23.2. The molecule has 0 radical (unpaired) electrons. The Morgan fingerprint density at radius 1 is 0.912 bits per heavy atom. The number of carboxylic acids is 1. The maximum absolute atomic E-state index is 11.3. The van der Waals surface area contributed by atoms with Crippen LogP contribution in [0.5, 0.6) is 5.88 Å². The predicted molar refractivity (Wildman–Crippen MR) is 134 cm³/mol. The number of aryl methyl sites for hydroxylation is 3. The highest BCUT2D eigenvalue weighted by Gasteiger charge is 2.28. The van der Waals surface area contributed by atoms with Crippen molar-refractivity contribution in [3.63, 3.8) is 0 Å². The van der Waals surface area contributed by atoms with Crippen molar-refractivity contribution in [3.8, 4) is 39.7 Å². The number of pyridine rings is 1. The fourth-order valence-corrected chi connectivity index (χ4v) is 3.79. The Morgan fingerprint density at radius 3 is 2.32 bits per heavy atom. The highest BCUT2D eigenvalue weighted by atomic mass is 16.5. The Labute approximate surface area is 199 Å². The second-order valence-electron chi connectivity index (χ2n) is 9.31. The summed E-state index contributed by atoms with van der Waals surface area (Å²) in [6, 6.07) is 16.4. The van der Waals surface area contributed by atoms with Crippen LogP contribution in [-0.2, 0) is 4.79 Å². The average Bonchev–Trinajstić information content (AvgIpc) is 3.27. The molecule has 174 valence electrons. The summed E-state index contributed by atoms with van der Waals surface area (Å²) in [6.07, 6.45) is 3.65. The molecular weight excluding hydrogens is 426 g/mol. The molecule has 0 aliphatic heterocycles. The number of H-pyrrole nitrogens is 1. The third-order valence-electron chi connectivity index (χ3n) is 6.05. The number of aliphatic carboxylic acids is 1. The van der Waals surface area contributed by atoms with Gasteiger partial charge in [0.25, 0.3) is 0 Å². The van der Waals surface area contributed by atoms with Gasteiger partial charge in [-0.05, 0) is 56.9 Å². The van der Waals surface area contributed by atoms with E-state index < -0.39 is 11.4 Å². The number of carboxylic acid groups (broad SMARTS) is 1. The monoisotopic (exact) mass is 455 g/mol. The lowest BCUT2D eigenvalue weighted by Gasteiger charge is -2.19. The van der Waals surface area contributed by atoms with Crippen LogP contribution in [0.4, 0.5) is 0 Å². The zero-order chi connectivity index (χ0) is 24.5. The molecule has 0 saturated heterocycles. The Balaban J connectivity index is 1.56. The lowest BCUT2D eigenvalue weighted by atomic mass is 9.95. The second-order valence-corrected chi connectivity index (χ2v) is 9.31. The van der Waals surface area contributed by atoms with E-state index in [1.165, 1.54) is 5.56 Å². The van der Waals surface area contributed by atoms with E-state index in [1.807, 2.05) is 31.3 Å². The van der Waals surface area contributed by atoms with E-state index in [2.05, 4.69) is 59.1 Å². The Bertz CT molecular complexity index is 1350. The van der Waals surface area contributed by atoms with E-state index in [9.17, 15) is 9.90 Å². The molecule has 4 rings (SSSR count). The second kappa shape index (κ2) is 9.14. The van der Waals surface area contributed by atoms with Crippen molar-refractivity contribution in [3.05, 3.63) is 77.6 Å². The van der Waals surface area contributed by atoms with Crippen LogP contribution in [0.1, 0.15) is 30.5 Å². The molecular formula is C28H29N3O3. The van der Waals surface area contributed by atoms with Crippen LogP contribution in [0.25, 0.3) is 33.8 Å². The minimum atomic E-state index is -0.980. The van der Waals surface area contributed by atoms with Crippen LogP contribution >= 0.6 is 0 Å². The topological polar surface area (TPSA) is 88.1 Å². The zero-order valence-electron chi connectivity index (χ0n) is 20.1. The van der Waals surface area contributed by atoms with Crippen LogP contribution in [0, 0.1) is 26.2 Å². The molecule has 0 aliphatic carbocycles. The van der Waals surface area contributed by atoms with Crippen LogP contribution < -0.4 is 4.74 Å². The minimum Gasteiger partial charge on any atom is -0.481 e. The van der Waals surface area contributed by atoms with E-state index in [0.717, 1.165) is 44.9 Å². The maximum atomic E-state index is 11.3. The number of nitrogens with one attached hydrogen (secondary N) is 1. The number of ether oxygens (including phenoxy) is 1. The zero-order valence-corrected chi connectivity index (χ0v) is 20.1. The predicted octanol–water partition coefficient (Wildman–Crippen LogP) is 6.22. The standard InChI is InChI=1S/C28H29N3O3/c1-17-8-6-7-9-21(17)24-15-30-26(31-24)22-11-10-20(12-18(22)2)23-14-29-25(13-19(23)3)34-16-28(4,5)27(32)33/h6-15H,16H2,1-5H3,(H,30,31)(H,32,33). The van der Waals surface area contributed by atoms with Gasteiger partial charge >= 0.3 is 5.97 Å². The quantitative estimate of drug-likeness (QED) is 0.345. The number of hydrogen-bond acceptors (Lipinski definition) is 4. The average molecular weight is 456 g/mol. The Morgan fingerprint density at radius 2 is 1.65 bits per heavy atom. The molecule has 34 heavy (non-hydrogen) atoms. The fourth-order valence-electron chi connectivity index (χ4n) is 3.79. The summed E-state index contributed by atoms with van der Waals surface area (Å²) in [5, 5.41) is 9.26. The summed E-state index contributed by atoms with van der Waals surface area (Å²) in [6.45, 7) is 9.47. The summed E-state index contributed by atoms with van der Waals surface area (Å²) in [5.41, 5.74) is 7.57. The van der Waals surface area contributed by atoms with Gasteiger partial charge in [-0.15, -0.1) is 0 Å². The van der Waals surface area contributed by atoms with Gasteiger partial charge in [0, 0.05) is 29.0 Å². The summed E-state index contributed by atoms with van der Waals surface area (Å²) in [7, 11) is 0. The normalized spacial score (nSPS) is 11.4. The number of nitrogens with zero attached hydrogens (tertiary/aromatic N) is 2. The first-order valence-electron chi connectivity index (χ1n) is 11.2. The SMILES string of the molecule is Cc1cc(OCC(C)(C)C(=O)O)ncc1-c1ccc(-c2ncc(-c3ccccc3C)[nH]2)c(C)c1. The number of aromatic nitrogens is 3. The number of aromatic amines is 1. The van der Waals surface area contributed by atoms with Gasteiger partial charge in [-0.3, -0.25) is 4.79 Å². The molecule has 2 heterocycles. The maximum Gasteiger partial charge on any atom is 0.312 e. The summed E-state index contributed by atoms with van der Waals surface area (Å²) in [4.78, 5) is 23.8. The first-order chi connectivity index (χ1) is 16.2. The van der Waals surface area contributed by atoms with E-state index in [0.29, 0.717) is 5.88 Å². The third kappa shape index (κ3) is 4.71. The van der Waals surface area contributed by atoms with Gasteiger partial charge in [0.05, 0.1) is 17.3 Å². The highest BCUT2D eigenvalue weighted by Crippen LogP contribution is 2.31. The molecule has 0 saturated carbocycles. The van der Waals surface area contributed by atoms with Gasteiger partial charge in [0.2, 0.25) is 5.88 Å². The van der Waals surface area contributed by atoms with Crippen LogP contribution in [0.3, 0.4) is 0 Å². The van der Waals surface area contributed by atoms with Crippen molar-refractivity contribution >= 4 is 5.97 Å². The van der Waals surface area contributed by atoms with Crippen LogP contribution in [0.2, 0.25) is 0 Å². The lowest BCUT2D eigenvalue weighted by molar-refractivity contribution is -0.148. The molecule has 0 bridgehead atoms. The molecule has 0 aliphatic rings. The Kier molecular flexibility index (Phi) is 6.24. The Hall–Kier alpha value is -3.93. The van der Waals surface area contributed by atoms with Gasteiger partial charge in [-0.25, -0.2) is 9.97 Å². The van der Waals surface area contributed by atoms with Crippen LogP contribution in [-0.4, -0.2) is 32.6 Å².